The molecule has 2 heterocycles. The fourth-order valence-electron chi connectivity index (χ4n) is 1.54. The smallest absolute Gasteiger partial charge is 0.220 e. The largest absolute Gasteiger partial charge is 0.355 e. The average Bonchev–Trinajstić information content (AvgIpc) is 2.51. The Morgan fingerprint density at radius 3 is 2.86 bits per heavy atom. The Kier molecular flexibility index (Phi) is 2.61. The first-order chi connectivity index (χ1) is 6.66. The van der Waals surface area contributed by atoms with Crippen molar-refractivity contribution in [2.45, 2.75) is 12.3 Å². The summed E-state index contributed by atoms with van der Waals surface area (Å²) in [4.78, 5) is 15.0. The van der Waals surface area contributed by atoms with Gasteiger partial charge in [0.25, 0.3) is 0 Å². The number of hydrogen-bond acceptors (Lipinski definition) is 2. The van der Waals surface area contributed by atoms with E-state index in [0.717, 1.165) is 5.56 Å². The van der Waals surface area contributed by atoms with E-state index in [1.807, 2.05) is 0 Å². The zero-order valence-electron chi connectivity index (χ0n) is 7.26. The minimum absolute atomic E-state index is 0.0565. The lowest BCUT2D eigenvalue weighted by Crippen LogP contribution is -2.13. The third-order valence-electron chi connectivity index (χ3n) is 2.27. The maximum atomic E-state index is 11.0. The average molecular weight is 231 g/mol. The third-order valence-corrected chi connectivity index (χ3v) is 2.80. The standard InChI is InChI=1S/C9H8Cl2N2O/c10-7-2-8(11)12-4-6(7)5-1-9(14)13-3-5/h2,4-5H,1,3H2,(H,13,14). The van der Waals surface area contributed by atoms with Crippen molar-refractivity contribution in [2.75, 3.05) is 6.54 Å². The van der Waals surface area contributed by atoms with Gasteiger partial charge in [0.1, 0.15) is 5.15 Å². The Hall–Kier alpha value is -0.800. The van der Waals surface area contributed by atoms with Crippen LogP contribution in [0.5, 0.6) is 0 Å². The van der Waals surface area contributed by atoms with Crippen LogP contribution in [0.25, 0.3) is 0 Å². The van der Waals surface area contributed by atoms with Crippen LogP contribution in [0, 0.1) is 0 Å². The summed E-state index contributed by atoms with van der Waals surface area (Å²) >= 11 is 11.7. The lowest BCUT2D eigenvalue weighted by molar-refractivity contribution is -0.119. The maximum Gasteiger partial charge on any atom is 0.220 e. The van der Waals surface area contributed by atoms with Gasteiger partial charge in [0, 0.05) is 30.1 Å². The van der Waals surface area contributed by atoms with Gasteiger partial charge in [0.15, 0.2) is 0 Å². The van der Waals surface area contributed by atoms with Crippen LogP contribution < -0.4 is 5.32 Å². The molecule has 0 aromatic carbocycles. The minimum Gasteiger partial charge on any atom is -0.355 e. The molecule has 1 aliphatic heterocycles. The van der Waals surface area contributed by atoms with Gasteiger partial charge in [-0.1, -0.05) is 23.2 Å². The topological polar surface area (TPSA) is 42.0 Å². The van der Waals surface area contributed by atoms with Gasteiger partial charge < -0.3 is 5.32 Å². The Bertz CT molecular complexity index is 381. The van der Waals surface area contributed by atoms with Crippen LogP contribution in [0.3, 0.4) is 0 Å². The molecule has 0 bridgehead atoms. The molecule has 2 rings (SSSR count). The number of rotatable bonds is 1. The van der Waals surface area contributed by atoms with E-state index in [4.69, 9.17) is 23.2 Å². The number of nitrogens with zero attached hydrogens (tertiary/aromatic N) is 1. The van der Waals surface area contributed by atoms with Gasteiger partial charge in [0.05, 0.1) is 0 Å². The van der Waals surface area contributed by atoms with Crippen LogP contribution in [0.1, 0.15) is 17.9 Å². The van der Waals surface area contributed by atoms with Crippen molar-refractivity contribution in [3.8, 4) is 0 Å². The second kappa shape index (κ2) is 3.75. The fraction of sp³-hybridized carbons (Fsp3) is 0.333. The van der Waals surface area contributed by atoms with Crippen molar-refractivity contribution in [1.82, 2.24) is 10.3 Å². The van der Waals surface area contributed by atoms with Crippen LogP contribution >= 0.6 is 23.2 Å². The molecular formula is C9H8Cl2N2O. The molecule has 1 N–H and O–H groups in total. The molecule has 0 radical (unpaired) electrons. The molecule has 1 aliphatic rings. The molecule has 1 fully saturated rings. The molecule has 0 aliphatic carbocycles. The molecule has 1 aromatic rings. The van der Waals surface area contributed by atoms with E-state index < -0.39 is 0 Å². The van der Waals surface area contributed by atoms with Crippen molar-refractivity contribution in [3.63, 3.8) is 0 Å². The molecule has 1 unspecified atom stereocenters. The van der Waals surface area contributed by atoms with Crippen molar-refractivity contribution >= 4 is 29.1 Å². The summed E-state index contributed by atoms with van der Waals surface area (Å²) in [5, 5.41) is 3.70. The summed E-state index contributed by atoms with van der Waals surface area (Å²) in [6, 6.07) is 1.60. The number of halogens is 2. The highest BCUT2D eigenvalue weighted by Crippen LogP contribution is 2.29. The highest BCUT2D eigenvalue weighted by molar-refractivity contribution is 6.34. The van der Waals surface area contributed by atoms with Crippen molar-refractivity contribution in [3.05, 3.63) is 28.0 Å². The Morgan fingerprint density at radius 2 is 2.29 bits per heavy atom. The van der Waals surface area contributed by atoms with Gasteiger partial charge in [-0.05, 0) is 11.6 Å². The monoisotopic (exact) mass is 230 g/mol. The quantitative estimate of drug-likeness (QED) is 0.751. The number of aromatic nitrogens is 1. The number of nitrogens with one attached hydrogen (secondary N) is 1. The molecule has 1 amide bonds. The number of carbonyl (C=O) groups is 1. The highest BCUT2D eigenvalue weighted by Gasteiger charge is 2.25. The van der Waals surface area contributed by atoms with Crippen LogP contribution in [-0.4, -0.2) is 17.4 Å². The van der Waals surface area contributed by atoms with E-state index in [2.05, 4.69) is 10.3 Å². The third kappa shape index (κ3) is 1.83. The van der Waals surface area contributed by atoms with Gasteiger partial charge in [-0.3, -0.25) is 4.79 Å². The van der Waals surface area contributed by atoms with E-state index in [-0.39, 0.29) is 11.8 Å². The first-order valence-corrected chi connectivity index (χ1v) is 5.00. The molecule has 5 heteroatoms. The van der Waals surface area contributed by atoms with Crippen molar-refractivity contribution in [1.29, 1.82) is 0 Å². The predicted molar refractivity (Wildman–Crippen MR) is 54.6 cm³/mol. The molecule has 0 spiro atoms. The molecule has 0 saturated carbocycles. The summed E-state index contributed by atoms with van der Waals surface area (Å²) in [7, 11) is 0. The van der Waals surface area contributed by atoms with Crippen LogP contribution in [0.4, 0.5) is 0 Å². The van der Waals surface area contributed by atoms with E-state index in [0.29, 0.717) is 23.1 Å². The summed E-state index contributed by atoms with van der Waals surface area (Å²) in [5.74, 6) is 0.181. The van der Waals surface area contributed by atoms with Gasteiger partial charge in [-0.25, -0.2) is 4.98 Å². The molecule has 1 aromatic heterocycles. The van der Waals surface area contributed by atoms with E-state index in [9.17, 15) is 4.79 Å². The van der Waals surface area contributed by atoms with Gasteiger partial charge in [0.2, 0.25) is 5.91 Å². The van der Waals surface area contributed by atoms with Gasteiger partial charge >= 0.3 is 0 Å². The molecule has 14 heavy (non-hydrogen) atoms. The minimum atomic E-state index is 0.0565. The number of amides is 1. The van der Waals surface area contributed by atoms with Gasteiger partial charge in [-0.15, -0.1) is 0 Å². The Balaban J connectivity index is 2.28. The molecule has 1 saturated heterocycles. The SMILES string of the molecule is O=C1CC(c2cnc(Cl)cc2Cl)CN1. The van der Waals surface area contributed by atoms with E-state index in [1.54, 1.807) is 12.3 Å². The summed E-state index contributed by atoms with van der Waals surface area (Å²) in [6.45, 7) is 0.627. The summed E-state index contributed by atoms with van der Waals surface area (Å²) in [6.07, 6.45) is 2.11. The highest BCUT2D eigenvalue weighted by atomic mass is 35.5. The lowest BCUT2D eigenvalue weighted by atomic mass is 10.0. The van der Waals surface area contributed by atoms with E-state index in [1.165, 1.54) is 0 Å². The summed E-state index contributed by atoms with van der Waals surface area (Å²) < 4.78 is 0. The first-order valence-electron chi connectivity index (χ1n) is 4.24. The van der Waals surface area contributed by atoms with Crippen molar-refractivity contribution in [2.24, 2.45) is 0 Å². The van der Waals surface area contributed by atoms with Crippen LogP contribution in [0.15, 0.2) is 12.3 Å². The lowest BCUT2D eigenvalue weighted by Gasteiger charge is -2.08. The van der Waals surface area contributed by atoms with Crippen LogP contribution in [-0.2, 0) is 4.79 Å². The maximum absolute atomic E-state index is 11.0. The zero-order chi connectivity index (χ0) is 10.1. The second-order valence-corrected chi connectivity index (χ2v) is 4.03. The molecule has 3 nitrogen and oxygen atoms in total. The Labute approximate surface area is 91.4 Å². The zero-order valence-corrected chi connectivity index (χ0v) is 8.77. The first kappa shape index (κ1) is 9.74. The molecule has 74 valence electrons. The van der Waals surface area contributed by atoms with Gasteiger partial charge in [-0.2, -0.15) is 0 Å². The summed E-state index contributed by atoms with van der Waals surface area (Å²) in [5.41, 5.74) is 0.884. The fourth-order valence-corrected chi connectivity index (χ4v) is 2.06. The predicted octanol–water partition coefficient (Wildman–Crippen LogP) is 1.99. The normalized spacial score (nSPS) is 21.0. The van der Waals surface area contributed by atoms with E-state index >= 15 is 0 Å². The number of pyridine rings is 1. The molecular weight excluding hydrogens is 223 g/mol. The van der Waals surface area contributed by atoms with Crippen molar-refractivity contribution < 1.29 is 4.79 Å². The number of carbonyl (C=O) groups excluding carboxylic acids is 1. The molecule has 1 atom stereocenters. The van der Waals surface area contributed by atoms with Crippen LogP contribution in [0.2, 0.25) is 10.2 Å². The Morgan fingerprint density at radius 1 is 1.50 bits per heavy atom. The second-order valence-electron chi connectivity index (χ2n) is 3.23. The number of hydrogen-bond donors (Lipinski definition) is 1.